The molecular weight excluding hydrogens is 352 g/mol. The molecule has 1 aliphatic heterocycles. The van der Waals surface area contributed by atoms with Gasteiger partial charge in [-0.3, -0.25) is 9.59 Å². The minimum Gasteiger partial charge on any atom is -0.370 e. The Morgan fingerprint density at radius 3 is 2.96 bits per heavy atom. The SMILES string of the molecule is Cn1ncc(N2CC[C@@H](CNC(=O)CCc3ccccc3Cl)C2)cc1=O. The summed E-state index contributed by atoms with van der Waals surface area (Å²) in [5.74, 6) is 0.418. The first-order valence-electron chi connectivity index (χ1n) is 8.81. The van der Waals surface area contributed by atoms with Crippen LogP contribution in [0.3, 0.4) is 0 Å². The smallest absolute Gasteiger partial charge is 0.268 e. The van der Waals surface area contributed by atoms with E-state index in [1.807, 2.05) is 24.3 Å². The summed E-state index contributed by atoms with van der Waals surface area (Å²) in [7, 11) is 1.64. The van der Waals surface area contributed by atoms with Gasteiger partial charge in [-0.1, -0.05) is 29.8 Å². The number of hydrogen-bond acceptors (Lipinski definition) is 4. The fourth-order valence-electron chi connectivity index (χ4n) is 3.16. The number of nitrogens with one attached hydrogen (secondary N) is 1. The zero-order chi connectivity index (χ0) is 18.5. The number of anilines is 1. The fourth-order valence-corrected chi connectivity index (χ4v) is 3.39. The summed E-state index contributed by atoms with van der Waals surface area (Å²) in [5, 5.41) is 7.78. The number of carbonyl (C=O) groups excluding carboxylic acids is 1. The second-order valence-electron chi connectivity index (χ2n) is 6.67. The monoisotopic (exact) mass is 374 g/mol. The van der Waals surface area contributed by atoms with E-state index in [2.05, 4.69) is 15.3 Å². The molecular formula is C19H23ClN4O2. The van der Waals surface area contributed by atoms with Crippen LogP contribution in [0.5, 0.6) is 0 Å². The fraction of sp³-hybridized carbons (Fsp3) is 0.421. The molecule has 6 nitrogen and oxygen atoms in total. The summed E-state index contributed by atoms with van der Waals surface area (Å²) >= 11 is 6.12. The molecule has 1 saturated heterocycles. The van der Waals surface area contributed by atoms with E-state index in [0.717, 1.165) is 30.8 Å². The van der Waals surface area contributed by atoms with Gasteiger partial charge in [0.05, 0.1) is 11.9 Å². The topological polar surface area (TPSA) is 67.2 Å². The van der Waals surface area contributed by atoms with Gasteiger partial charge in [0.15, 0.2) is 0 Å². The molecule has 1 aromatic carbocycles. The Kier molecular flexibility index (Phi) is 5.93. The van der Waals surface area contributed by atoms with Crippen molar-refractivity contribution in [1.29, 1.82) is 0 Å². The number of nitrogens with zero attached hydrogens (tertiary/aromatic N) is 3. The molecule has 26 heavy (non-hydrogen) atoms. The van der Waals surface area contributed by atoms with Crippen molar-refractivity contribution in [3.05, 3.63) is 57.5 Å². The Morgan fingerprint density at radius 2 is 2.19 bits per heavy atom. The van der Waals surface area contributed by atoms with E-state index in [4.69, 9.17) is 11.6 Å². The summed E-state index contributed by atoms with van der Waals surface area (Å²) in [6.07, 6.45) is 3.77. The third kappa shape index (κ3) is 4.64. The summed E-state index contributed by atoms with van der Waals surface area (Å²) < 4.78 is 1.32. The van der Waals surface area contributed by atoms with E-state index >= 15 is 0 Å². The van der Waals surface area contributed by atoms with E-state index in [1.165, 1.54) is 4.68 Å². The molecule has 138 valence electrons. The first-order chi connectivity index (χ1) is 12.5. The minimum absolute atomic E-state index is 0.0404. The predicted molar refractivity (Wildman–Crippen MR) is 103 cm³/mol. The Labute approximate surface area is 157 Å². The van der Waals surface area contributed by atoms with Gasteiger partial charge in [-0.25, -0.2) is 4.68 Å². The second-order valence-corrected chi connectivity index (χ2v) is 7.08. The first-order valence-corrected chi connectivity index (χ1v) is 9.19. The molecule has 1 aromatic heterocycles. The highest BCUT2D eigenvalue weighted by Gasteiger charge is 2.23. The van der Waals surface area contributed by atoms with Crippen molar-refractivity contribution >= 4 is 23.2 Å². The second kappa shape index (κ2) is 8.36. The van der Waals surface area contributed by atoms with Crippen LogP contribution < -0.4 is 15.8 Å². The van der Waals surface area contributed by atoms with Gasteiger partial charge < -0.3 is 10.2 Å². The Bertz CT molecular complexity index is 836. The van der Waals surface area contributed by atoms with Gasteiger partial charge in [0, 0.05) is 44.2 Å². The van der Waals surface area contributed by atoms with Crippen molar-refractivity contribution in [2.24, 2.45) is 13.0 Å². The third-order valence-corrected chi connectivity index (χ3v) is 5.14. The van der Waals surface area contributed by atoms with Crippen LogP contribution in [0, 0.1) is 5.92 Å². The molecule has 0 aliphatic carbocycles. The Hall–Kier alpha value is -2.34. The quantitative estimate of drug-likeness (QED) is 0.839. The van der Waals surface area contributed by atoms with Crippen LogP contribution in [0.2, 0.25) is 5.02 Å². The standard InChI is InChI=1S/C19H23ClN4O2/c1-23-19(26)10-16(12-22-23)24-9-8-14(13-24)11-21-18(25)7-6-15-4-2-3-5-17(15)20/h2-5,10,12,14H,6-9,11,13H2,1H3,(H,21,25)/t14-/m0/s1. The summed E-state index contributed by atoms with van der Waals surface area (Å²) in [6.45, 7) is 2.34. The zero-order valence-electron chi connectivity index (χ0n) is 14.8. The largest absolute Gasteiger partial charge is 0.370 e. The van der Waals surface area contributed by atoms with Crippen molar-refractivity contribution in [2.45, 2.75) is 19.3 Å². The molecule has 0 unspecified atom stereocenters. The maximum absolute atomic E-state index is 12.1. The molecule has 1 aliphatic rings. The van der Waals surface area contributed by atoms with Crippen molar-refractivity contribution in [2.75, 3.05) is 24.5 Å². The van der Waals surface area contributed by atoms with Crippen LogP contribution >= 0.6 is 11.6 Å². The van der Waals surface area contributed by atoms with Crippen molar-refractivity contribution in [3.63, 3.8) is 0 Å². The molecule has 2 heterocycles. The van der Waals surface area contributed by atoms with Gasteiger partial charge in [-0.05, 0) is 30.4 Å². The van der Waals surface area contributed by atoms with Crippen LogP contribution in [-0.2, 0) is 18.3 Å². The van der Waals surface area contributed by atoms with E-state index < -0.39 is 0 Å². The van der Waals surface area contributed by atoms with Gasteiger partial charge in [0.2, 0.25) is 5.91 Å². The molecule has 0 bridgehead atoms. The predicted octanol–water partition coefficient (Wildman–Crippen LogP) is 2.01. The molecule has 7 heteroatoms. The Balaban J connectivity index is 1.44. The van der Waals surface area contributed by atoms with Crippen LogP contribution in [0.4, 0.5) is 5.69 Å². The van der Waals surface area contributed by atoms with Gasteiger partial charge >= 0.3 is 0 Å². The number of hydrogen-bond donors (Lipinski definition) is 1. The summed E-state index contributed by atoms with van der Waals surface area (Å²) in [5.41, 5.74) is 1.73. The number of aromatic nitrogens is 2. The molecule has 0 spiro atoms. The Morgan fingerprint density at radius 1 is 1.38 bits per heavy atom. The van der Waals surface area contributed by atoms with Crippen LogP contribution in [0.15, 0.2) is 41.3 Å². The molecule has 2 aromatic rings. The molecule has 0 radical (unpaired) electrons. The molecule has 0 saturated carbocycles. The molecule has 1 amide bonds. The maximum Gasteiger partial charge on any atom is 0.268 e. The van der Waals surface area contributed by atoms with Crippen molar-refractivity contribution in [1.82, 2.24) is 15.1 Å². The van der Waals surface area contributed by atoms with Gasteiger partial charge in [0.25, 0.3) is 5.56 Å². The summed E-state index contributed by atoms with van der Waals surface area (Å²) in [4.78, 5) is 26.0. The van der Waals surface area contributed by atoms with Crippen LogP contribution in [0.1, 0.15) is 18.4 Å². The third-order valence-electron chi connectivity index (χ3n) is 4.77. The average Bonchev–Trinajstić information content (AvgIpc) is 3.10. The molecule has 3 rings (SSSR count). The summed E-state index contributed by atoms with van der Waals surface area (Å²) in [6, 6.07) is 9.21. The van der Waals surface area contributed by atoms with E-state index in [0.29, 0.717) is 30.3 Å². The zero-order valence-corrected chi connectivity index (χ0v) is 15.6. The van der Waals surface area contributed by atoms with E-state index in [9.17, 15) is 9.59 Å². The lowest BCUT2D eigenvalue weighted by molar-refractivity contribution is -0.121. The highest BCUT2D eigenvalue weighted by Crippen LogP contribution is 2.21. The number of benzene rings is 1. The molecule has 1 atom stereocenters. The van der Waals surface area contributed by atoms with Crippen LogP contribution in [-0.4, -0.2) is 35.3 Å². The number of aryl methyl sites for hydroxylation is 2. The van der Waals surface area contributed by atoms with Crippen LogP contribution in [0.25, 0.3) is 0 Å². The van der Waals surface area contributed by atoms with Crippen molar-refractivity contribution in [3.8, 4) is 0 Å². The lowest BCUT2D eigenvalue weighted by Gasteiger charge is -2.18. The van der Waals surface area contributed by atoms with Crippen molar-refractivity contribution < 1.29 is 4.79 Å². The van der Waals surface area contributed by atoms with E-state index in [-0.39, 0.29) is 11.5 Å². The highest BCUT2D eigenvalue weighted by molar-refractivity contribution is 6.31. The minimum atomic E-state index is -0.112. The first kappa shape index (κ1) is 18.5. The maximum atomic E-state index is 12.1. The lowest BCUT2D eigenvalue weighted by atomic mass is 10.1. The van der Waals surface area contributed by atoms with Gasteiger partial charge in [-0.2, -0.15) is 5.10 Å². The lowest BCUT2D eigenvalue weighted by Crippen LogP contribution is -2.31. The van der Waals surface area contributed by atoms with E-state index in [1.54, 1.807) is 19.3 Å². The number of rotatable bonds is 6. The number of carbonyl (C=O) groups is 1. The van der Waals surface area contributed by atoms with Gasteiger partial charge in [0.1, 0.15) is 0 Å². The normalized spacial score (nSPS) is 16.7. The number of halogens is 1. The molecule has 1 fully saturated rings. The highest BCUT2D eigenvalue weighted by atomic mass is 35.5. The molecule has 1 N–H and O–H groups in total. The number of amides is 1. The van der Waals surface area contributed by atoms with Gasteiger partial charge in [-0.15, -0.1) is 0 Å². The average molecular weight is 375 g/mol.